The Morgan fingerprint density at radius 3 is 2.68 bits per heavy atom. The molecule has 2 aliphatic carbocycles. The van der Waals surface area contributed by atoms with E-state index in [9.17, 15) is 5.21 Å². The van der Waals surface area contributed by atoms with Gasteiger partial charge in [-0.3, -0.25) is 4.90 Å². The van der Waals surface area contributed by atoms with Crippen LogP contribution in [0.4, 0.5) is 5.69 Å². The van der Waals surface area contributed by atoms with Crippen molar-refractivity contribution >= 4 is 23.0 Å². The molecule has 0 spiro atoms. The summed E-state index contributed by atoms with van der Waals surface area (Å²) in [6, 6.07) is 8.47. The SMILES string of the molecule is ON=C1C2CCC(C2)C1N1CCN(c2cccc(Cl)c2)CC1. The zero-order valence-electron chi connectivity index (χ0n) is 12.7. The van der Waals surface area contributed by atoms with Gasteiger partial charge in [0, 0.05) is 42.8 Å². The molecule has 1 N–H and O–H groups in total. The average Bonchev–Trinajstić information content (AvgIpc) is 3.15. The monoisotopic (exact) mass is 319 g/mol. The zero-order chi connectivity index (χ0) is 15.1. The molecule has 0 amide bonds. The van der Waals surface area contributed by atoms with Gasteiger partial charge >= 0.3 is 0 Å². The van der Waals surface area contributed by atoms with Gasteiger partial charge in [0.25, 0.3) is 0 Å². The van der Waals surface area contributed by atoms with Crippen LogP contribution in [0.1, 0.15) is 19.3 Å². The van der Waals surface area contributed by atoms with Gasteiger partial charge in [-0.15, -0.1) is 0 Å². The van der Waals surface area contributed by atoms with Crippen LogP contribution in [-0.4, -0.2) is 48.0 Å². The Hall–Kier alpha value is -1.26. The lowest BCUT2D eigenvalue weighted by molar-refractivity contribution is 0.181. The van der Waals surface area contributed by atoms with Crippen molar-refractivity contribution in [2.45, 2.75) is 25.3 Å². The molecule has 3 unspecified atom stereocenters. The molecule has 0 radical (unpaired) electrons. The van der Waals surface area contributed by atoms with E-state index in [1.54, 1.807) is 0 Å². The lowest BCUT2D eigenvalue weighted by atomic mass is 9.91. The average molecular weight is 320 g/mol. The molecule has 0 aromatic heterocycles. The van der Waals surface area contributed by atoms with Crippen LogP contribution in [0.3, 0.4) is 0 Å². The normalized spacial score (nSPS) is 33.8. The molecule has 2 bridgehead atoms. The fourth-order valence-corrected chi connectivity index (χ4v) is 4.80. The number of hydrogen-bond acceptors (Lipinski definition) is 4. The van der Waals surface area contributed by atoms with Crippen LogP contribution in [-0.2, 0) is 0 Å². The van der Waals surface area contributed by atoms with Crippen molar-refractivity contribution in [2.24, 2.45) is 17.0 Å². The van der Waals surface area contributed by atoms with Gasteiger partial charge in [-0.2, -0.15) is 0 Å². The molecule has 2 saturated carbocycles. The van der Waals surface area contributed by atoms with Crippen molar-refractivity contribution < 1.29 is 5.21 Å². The van der Waals surface area contributed by atoms with Crippen LogP contribution < -0.4 is 4.90 Å². The van der Waals surface area contributed by atoms with Crippen molar-refractivity contribution in [3.05, 3.63) is 29.3 Å². The highest BCUT2D eigenvalue weighted by Crippen LogP contribution is 2.45. The van der Waals surface area contributed by atoms with Gasteiger partial charge in [-0.1, -0.05) is 22.8 Å². The maximum absolute atomic E-state index is 9.39. The Bertz CT molecular complexity index is 583. The highest BCUT2D eigenvalue weighted by atomic mass is 35.5. The standard InChI is InChI=1S/C17H22ClN3O/c18-14-2-1-3-15(11-14)20-6-8-21(9-7-20)17-13-5-4-12(10-13)16(17)19-22/h1-3,11-13,17,22H,4-10H2. The van der Waals surface area contributed by atoms with Gasteiger partial charge in [0.1, 0.15) is 0 Å². The molecule has 1 aromatic carbocycles. The van der Waals surface area contributed by atoms with E-state index in [-0.39, 0.29) is 0 Å². The van der Waals surface area contributed by atoms with Crippen molar-refractivity contribution in [1.29, 1.82) is 0 Å². The van der Waals surface area contributed by atoms with E-state index < -0.39 is 0 Å². The van der Waals surface area contributed by atoms with Gasteiger partial charge < -0.3 is 10.1 Å². The van der Waals surface area contributed by atoms with Crippen molar-refractivity contribution in [1.82, 2.24) is 4.90 Å². The van der Waals surface area contributed by atoms with E-state index in [2.05, 4.69) is 21.0 Å². The lowest BCUT2D eigenvalue weighted by Gasteiger charge is -2.41. The van der Waals surface area contributed by atoms with Gasteiger partial charge in [-0.05, 0) is 43.4 Å². The largest absolute Gasteiger partial charge is 0.411 e. The Morgan fingerprint density at radius 2 is 1.95 bits per heavy atom. The summed E-state index contributed by atoms with van der Waals surface area (Å²) in [7, 11) is 0. The topological polar surface area (TPSA) is 39.1 Å². The van der Waals surface area contributed by atoms with Crippen LogP contribution >= 0.6 is 11.6 Å². The third kappa shape index (κ3) is 2.38. The second-order valence-electron chi connectivity index (χ2n) is 6.74. The molecule has 4 nitrogen and oxygen atoms in total. The molecule has 1 heterocycles. The number of benzene rings is 1. The Morgan fingerprint density at radius 1 is 1.14 bits per heavy atom. The first-order valence-corrected chi connectivity index (χ1v) is 8.60. The lowest BCUT2D eigenvalue weighted by Crippen LogP contribution is -2.54. The van der Waals surface area contributed by atoms with Crippen LogP contribution in [0.25, 0.3) is 0 Å². The molecule has 3 atom stereocenters. The van der Waals surface area contributed by atoms with Crippen molar-refractivity contribution in [2.75, 3.05) is 31.1 Å². The number of nitrogens with zero attached hydrogens (tertiary/aromatic N) is 3. The smallest absolute Gasteiger partial charge is 0.0775 e. The fraction of sp³-hybridized carbons (Fsp3) is 0.588. The van der Waals surface area contributed by atoms with Crippen molar-refractivity contribution in [3.8, 4) is 0 Å². The summed E-state index contributed by atoms with van der Waals surface area (Å²) < 4.78 is 0. The van der Waals surface area contributed by atoms with Gasteiger partial charge in [0.2, 0.25) is 0 Å². The number of rotatable bonds is 2. The first-order chi connectivity index (χ1) is 10.8. The second kappa shape index (κ2) is 5.74. The summed E-state index contributed by atoms with van der Waals surface area (Å²) in [6.07, 6.45) is 3.73. The maximum atomic E-state index is 9.39. The third-order valence-electron chi connectivity index (χ3n) is 5.64. The second-order valence-corrected chi connectivity index (χ2v) is 7.18. The van der Waals surface area contributed by atoms with Crippen LogP contribution in [0.5, 0.6) is 0 Å². The molecule has 1 saturated heterocycles. The molecular weight excluding hydrogens is 298 g/mol. The highest BCUT2D eigenvalue weighted by molar-refractivity contribution is 6.30. The predicted octanol–water partition coefficient (Wildman–Crippen LogP) is 3.09. The Labute approximate surface area is 136 Å². The van der Waals surface area contributed by atoms with E-state index in [1.807, 2.05) is 18.2 Å². The molecule has 4 rings (SSSR count). The minimum Gasteiger partial charge on any atom is -0.411 e. The van der Waals surface area contributed by atoms with Crippen LogP contribution in [0, 0.1) is 11.8 Å². The summed E-state index contributed by atoms with van der Waals surface area (Å²) in [5, 5.41) is 13.8. The molecule has 1 aliphatic heterocycles. The Kier molecular flexibility index (Phi) is 3.74. The van der Waals surface area contributed by atoms with Gasteiger partial charge in [-0.25, -0.2) is 0 Å². The van der Waals surface area contributed by atoms with Crippen molar-refractivity contribution in [3.63, 3.8) is 0 Å². The van der Waals surface area contributed by atoms with Crippen LogP contribution in [0.2, 0.25) is 5.02 Å². The minimum atomic E-state index is 0.380. The number of fused-ring (bicyclic) bond motifs is 2. The number of anilines is 1. The van der Waals surface area contributed by atoms with E-state index in [0.29, 0.717) is 17.9 Å². The predicted molar refractivity (Wildman–Crippen MR) is 89.1 cm³/mol. The molecule has 3 fully saturated rings. The van der Waals surface area contributed by atoms with E-state index >= 15 is 0 Å². The van der Waals surface area contributed by atoms with E-state index in [0.717, 1.165) is 36.9 Å². The Balaban J connectivity index is 1.44. The zero-order valence-corrected chi connectivity index (χ0v) is 13.4. The van der Waals surface area contributed by atoms with E-state index in [1.165, 1.54) is 24.9 Å². The summed E-state index contributed by atoms with van der Waals surface area (Å²) >= 11 is 6.10. The highest BCUT2D eigenvalue weighted by Gasteiger charge is 2.48. The molecular formula is C17H22ClN3O. The molecule has 5 heteroatoms. The minimum absolute atomic E-state index is 0.380. The summed E-state index contributed by atoms with van der Waals surface area (Å²) in [5.41, 5.74) is 2.25. The number of hydrogen-bond donors (Lipinski definition) is 1. The summed E-state index contributed by atoms with van der Waals surface area (Å²) in [5.74, 6) is 1.24. The number of piperazine rings is 1. The van der Waals surface area contributed by atoms with Gasteiger partial charge in [0.15, 0.2) is 0 Å². The quantitative estimate of drug-likeness (QED) is 0.672. The molecule has 3 aliphatic rings. The number of halogens is 1. The maximum Gasteiger partial charge on any atom is 0.0775 e. The molecule has 1 aromatic rings. The fourth-order valence-electron chi connectivity index (χ4n) is 4.61. The summed E-state index contributed by atoms with van der Waals surface area (Å²) in [4.78, 5) is 4.92. The molecule has 22 heavy (non-hydrogen) atoms. The van der Waals surface area contributed by atoms with E-state index in [4.69, 9.17) is 11.6 Å². The van der Waals surface area contributed by atoms with Gasteiger partial charge in [0.05, 0.1) is 11.8 Å². The van der Waals surface area contributed by atoms with Crippen LogP contribution in [0.15, 0.2) is 29.4 Å². The number of oxime groups is 1. The first-order valence-electron chi connectivity index (χ1n) is 8.22. The first kappa shape index (κ1) is 14.3. The summed E-state index contributed by atoms with van der Waals surface area (Å²) in [6.45, 7) is 4.07. The third-order valence-corrected chi connectivity index (χ3v) is 5.87. The molecule has 118 valence electrons.